The Morgan fingerprint density at radius 3 is 2.53 bits per heavy atom. The topological polar surface area (TPSA) is 45.6 Å². The van der Waals surface area contributed by atoms with Crippen LogP contribution < -0.4 is 15.0 Å². The summed E-state index contributed by atoms with van der Waals surface area (Å²) in [6, 6.07) is 16.6. The molecule has 6 nitrogen and oxygen atoms in total. The van der Waals surface area contributed by atoms with Crippen LogP contribution in [0, 0.1) is 10.9 Å². The van der Waals surface area contributed by atoms with Gasteiger partial charge in [-0.15, -0.1) is 5.10 Å². The van der Waals surface area contributed by atoms with E-state index in [2.05, 4.69) is 58.4 Å². The smallest absolute Gasteiger partial charge is 0.209 e. The van der Waals surface area contributed by atoms with Crippen molar-refractivity contribution >= 4 is 40.1 Å². The van der Waals surface area contributed by atoms with E-state index in [-0.39, 0.29) is 0 Å². The van der Waals surface area contributed by atoms with Crippen LogP contribution >= 0.6 is 23.6 Å². The molecule has 0 amide bonds. The van der Waals surface area contributed by atoms with Gasteiger partial charge < -0.3 is 15.0 Å². The average Bonchev–Trinajstić information content (AvgIpc) is 2.95. The van der Waals surface area contributed by atoms with Crippen molar-refractivity contribution in [3.05, 3.63) is 58.0 Å². The third-order valence-electron chi connectivity index (χ3n) is 5.27. The van der Waals surface area contributed by atoms with Crippen molar-refractivity contribution < 1.29 is 4.74 Å². The van der Waals surface area contributed by atoms with Gasteiger partial charge in [0.25, 0.3) is 0 Å². The van der Waals surface area contributed by atoms with Crippen LogP contribution in [0.4, 0.5) is 16.5 Å². The average molecular weight is 442 g/mol. The SMILES string of the molecule is COc1ccc(N2CCCN(Cn3nc(Nc4ccc(C)cc4)sc3=S)CC2)cc1. The van der Waals surface area contributed by atoms with E-state index in [1.54, 1.807) is 7.11 Å². The molecule has 2 heterocycles. The molecule has 1 aliphatic heterocycles. The van der Waals surface area contributed by atoms with Crippen molar-refractivity contribution in [1.82, 2.24) is 14.7 Å². The highest BCUT2D eigenvalue weighted by Crippen LogP contribution is 2.23. The molecule has 0 aliphatic carbocycles. The monoisotopic (exact) mass is 441 g/mol. The van der Waals surface area contributed by atoms with Crippen LogP contribution in [0.15, 0.2) is 48.5 Å². The molecule has 0 radical (unpaired) electrons. The number of methoxy groups -OCH3 is 1. The molecule has 0 saturated carbocycles. The molecular formula is C22H27N5OS2. The molecule has 0 unspecified atom stereocenters. The number of benzene rings is 2. The molecule has 1 aromatic heterocycles. The summed E-state index contributed by atoms with van der Waals surface area (Å²) < 4.78 is 7.99. The predicted molar refractivity (Wildman–Crippen MR) is 127 cm³/mol. The summed E-state index contributed by atoms with van der Waals surface area (Å²) in [7, 11) is 1.70. The van der Waals surface area contributed by atoms with Gasteiger partial charge in [0.2, 0.25) is 5.13 Å². The fourth-order valence-corrected chi connectivity index (χ4v) is 4.57. The molecule has 1 aliphatic rings. The van der Waals surface area contributed by atoms with Gasteiger partial charge in [-0.3, -0.25) is 4.90 Å². The number of hydrogen-bond acceptors (Lipinski definition) is 7. The summed E-state index contributed by atoms with van der Waals surface area (Å²) in [6.07, 6.45) is 1.11. The maximum atomic E-state index is 5.57. The zero-order valence-corrected chi connectivity index (χ0v) is 19.0. The lowest BCUT2D eigenvalue weighted by Gasteiger charge is -2.23. The van der Waals surface area contributed by atoms with E-state index in [1.165, 1.54) is 22.6 Å². The van der Waals surface area contributed by atoms with E-state index in [9.17, 15) is 0 Å². The van der Waals surface area contributed by atoms with Gasteiger partial charge >= 0.3 is 0 Å². The van der Waals surface area contributed by atoms with Crippen LogP contribution in [0.2, 0.25) is 0 Å². The minimum Gasteiger partial charge on any atom is -0.497 e. The molecule has 158 valence electrons. The fraction of sp³-hybridized carbons (Fsp3) is 0.364. The number of anilines is 3. The number of nitrogens with one attached hydrogen (secondary N) is 1. The lowest BCUT2D eigenvalue weighted by atomic mass is 10.2. The lowest BCUT2D eigenvalue weighted by molar-refractivity contribution is 0.221. The molecular weight excluding hydrogens is 414 g/mol. The molecule has 2 aromatic carbocycles. The minimum atomic E-state index is 0.724. The summed E-state index contributed by atoms with van der Waals surface area (Å²) in [5.74, 6) is 0.892. The molecule has 30 heavy (non-hydrogen) atoms. The molecule has 1 fully saturated rings. The van der Waals surface area contributed by atoms with Crippen LogP contribution in [-0.4, -0.2) is 48.0 Å². The Bertz CT molecular complexity index is 1010. The first-order chi connectivity index (χ1) is 14.6. The first kappa shape index (κ1) is 20.8. The summed E-state index contributed by atoms with van der Waals surface area (Å²) in [5.41, 5.74) is 3.51. The highest BCUT2D eigenvalue weighted by atomic mass is 32.1. The number of rotatable bonds is 6. The highest BCUT2D eigenvalue weighted by Gasteiger charge is 2.17. The van der Waals surface area contributed by atoms with Gasteiger partial charge in [0, 0.05) is 37.6 Å². The molecule has 8 heteroatoms. The minimum absolute atomic E-state index is 0.724. The van der Waals surface area contributed by atoms with E-state index in [0.717, 1.165) is 59.8 Å². The molecule has 0 spiro atoms. The quantitative estimate of drug-likeness (QED) is 0.549. The molecule has 4 rings (SSSR count). The van der Waals surface area contributed by atoms with Crippen molar-refractivity contribution in [3.63, 3.8) is 0 Å². The van der Waals surface area contributed by atoms with Gasteiger partial charge in [-0.1, -0.05) is 29.0 Å². The third-order valence-corrected chi connectivity index (χ3v) is 6.49. The van der Waals surface area contributed by atoms with Crippen molar-refractivity contribution in [1.29, 1.82) is 0 Å². The first-order valence-corrected chi connectivity index (χ1v) is 11.4. The van der Waals surface area contributed by atoms with Crippen molar-refractivity contribution in [3.8, 4) is 5.75 Å². The summed E-state index contributed by atoms with van der Waals surface area (Å²) in [4.78, 5) is 4.86. The van der Waals surface area contributed by atoms with E-state index in [0.29, 0.717) is 0 Å². The fourth-order valence-electron chi connectivity index (χ4n) is 3.56. The van der Waals surface area contributed by atoms with Crippen molar-refractivity contribution in [2.75, 3.05) is 43.5 Å². The van der Waals surface area contributed by atoms with Gasteiger partial charge in [0.05, 0.1) is 13.8 Å². The molecule has 3 aromatic rings. The highest BCUT2D eigenvalue weighted by molar-refractivity contribution is 7.73. The molecule has 0 bridgehead atoms. The molecule has 1 N–H and O–H groups in total. The molecule has 1 saturated heterocycles. The summed E-state index contributed by atoms with van der Waals surface area (Å²) in [6.45, 7) is 6.85. The Morgan fingerprint density at radius 1 is 1.03 bits per heavy atom. The standard InChI is InChI=1S/C22H27N5OS2/c1-17-4-6-18(7-5-17)23-21-24-27(22(29)30-21)16-25-12-3-13-26(15-14-25)19-8-10-20(28-2)11-9-19/h4-11H,3,12-16H2,1-2H3,(H,23,24). The van der Waals surface area contributed by atoms with Crippen LogP contribution in [0.25, 0.3) is 0 Å². The Morgan fingerprint density at radius 2 is 1.80 bits per heavy atom. The Hall–Kier alpha value is -2.42. The second-order valence-electron chi connectivity index (χ2n) is 7.46. The second-order valence-corrected chi connectivity index (χ2v) is 9.08. The largest absolute Gasteiger partial charge is 0.497 e. The van der Waals surface area contributed by atoms with Crippen LogP contribution in [0.5, 0.6) is 5.75 Å². The van der Waals surface area contributed by atoms with Gasteiger partial charge in [0.15, 0.2) is 3.95 Å². The van der Waals surface area contributed by atoms with Crippen LogP contribution in [0.3, 0.4) is 0 Å². The second kappa shape index (κ2) is 9.59. The zero-order valence-electron chi connectivity index (χ0n) is 17.4. The van der Waals surface area contributed by atoms with E-state index in [1.807, 2.05) is 16.8 Å². The third kappa shape index (κ3) is 5.19. The lowest BCUT2D eigenvalue weighted by Crippen LogP contribution is -2.32. The maximum absolute atomic E-state index is 5.57. The van der Waals surface area contributed by atoms with Crippen molar-refractivity contribution in [2.45, 2.75) is 20.0 Å². The number of aromatic nitrogens is 2. The first-order valence-electron chi connectivity index (χ1n) is 10.1. The summed E-state index contributed by atoms with van der Waals surface area (Å²) >= 11 is 7.08. The normalized spacial score (nSPS) is 15.1. The molecule has 0 atom stereocenters. The van der Waals surface area contributed by atoms with Crippen LogP contribution in [-0.2, 0) is 6.67 Å². The van der Waals surface area contributed by atoms with Crippen LogP contribution in [0.1, 0.15) is 12.0 Å². The Labute approximate surface area is 186 Å². The Kier molecular flexibility index (Phi) is 6.66. The van der Waals surface area contributed by atoms with Gasteiger partial charge in [0.1, 0.15) is 5.75 Å². The number of hydrogen-bond donors (Lipinski definition) is 1. The Balaban J connectivity index is 1.37. The van der Waals surface area contributed by atoms with Crippen molar-refractivity contribution in [2.24, 2.45) is 0 Å². The maximum Gasteiger partial charge on any atom is 0.209 e. The van der Waals surface area contributed by atoms with E-state index in [4.69, 9.17) is 22.1 Å². The predicted octanol–water partition coefficient (Wildman–Crippen LogP) is 4.90. The van der Waals surface area contributed by atoms with Gasteiger partial charge in [-0.05, 0) is 62.0 Å². The number of ether oxygens (including phenoxy) is 1. The van der Waals surface area contributed by atoms with E-state index >= 15 is 0 Å². The number of aryl methyl sites for hydroxylation is 1. The summed E-state index contributed by atoms with van der Waals surface area (Å²) in [5, 5.41) is 8.89. The van der Waals surface area contributed by atoms with E-state index < -0.39 is 0 Å². The van der Waals surface area contributed by atoms with Gasteiger partial charge in [-0.25, -0.2) is 4.68 Å². The zero-order chi connectivity index (χ0) is 20.9. The van der Waals surface area contributed by atoms with Gasteiger partial charge in [-0.2, -0.15) is 0 Å². The number of nitrogens with zero attached hydrogens (tertiary/aromatic N) is 4.